The molecule has 0 saturated carbocycles. The van der Waals surface area contributed by atoms with Crippen LogP contribution in [0.4, 0.5) is 0 Å². The van der Waals surface area contributed by atoms with Crippen LogP contribution in [-0.2, 0) is 5.41 Å². The predicted molar refractivity (Wildman–Crippen MR) is 304 cm³/mol. The lowest BCUT2D eigenvalue weighted by Crippen LogP contribution is -2.28. The molecule has 2 heterocycles. The monoisotopic (exact) mass is 942 g/mol. The third-order valence-corrected chi connectivity index (χ3v) is 15.0. The zero-order valence-electron chi connectivity index (χ0n) is 40.3. The highest BCUT2D eigenvalue weighted by atomic mass is 15.0. The van der Waals surface area contributed by atoms with Crippen LogP contribution in [0.25, 0.3) is 106 Å². The third kappa shape index (κ3) is 7.10. The van der Waals surface area contributed by atoms with E-state index in [0.29, 0.717) is 17.5 Å². The Balaban J connectivity index is 0.835. The highest BCUT2D eigenvalue weighted by Gasteiger charge is 2.46. The highest BCUT2D eigenvalue weighted by molar-refractivity contribution is 6.10. The van der Waals surface area contributed by atoms with Crippen LogP contribution in [0.3, 0.4) is 0 Å². The summed E-state index contributed by atoms with van der Waals surface area (Å²) in [5.74, 6) is 1.87. The van der Waals surface area contributed by atoms with Gasteiger partial charge in [0.15, 0.2) is 17.5 Å². The topological polar surface area (TPSA) is 43.6 Å². The van der Waals surface area contributed by atoms with Crippen molar-refractivity contribution in [3.63, 3.8) is 0 Å². The van der Waals surface area contributed by atoms with Gasteiger partial charge in [-0.25, -0.2) is 15.0 Å². The van der Waals surface area contributed by atoms with E-state index < -0.39 is 5.41 Å². The van der Waals surface area contributed by atoms with E-state index in [2.05, 4.69) is 247 Å². The number of aromatic nitrogens is 4. The summed E-state index contributed by atoms with van der Waals surface area (Å²) in [6.07, 6.45) is 0. The van der Waals surface area contributed by atoms with Crippen LogP contribution in [0.15, 0.2) is 279 Å². The van der Waals surface area contributed by atoms with Gasteiger partial charge in [-0.15, -0.1) is 0 Å². The van der Waals surface area contributed by atoms with Crippen LogP contribution >= 0.6 is 0 Å². The van der Waals surface area contributed by atoms with Gasteiger partial charge in [0, 0.05) is 33.2 Å². The maximum Gasteiger partial charge on any atom is 0.164 e. The van der Waals surface area contributed by atoms with Crippen molar-refractivity contribution in [1.29, 1.82) is 0 Å². The summed E-state index contributed by atoms with van der Waals surface area (Å²) in [4.78, 5) is 15.3. The van der Waals surface area contributed by atoms with E-state index in [9.17, 15) is 0 Å². The summed E-state index contributed by atoms with van der Waals surface area (Å²) in [7, 11) is 0. The van der Waals surface area contributed by atoms with Crippen molar-refractivity contribution >= 4 is 21.8 Å². The van der Waals surface area contributed by atoms with E-state index in [-0.39, 0.29) is 0 Å². The van der Waals surface area contributed by atoms with Gasteiger partial charge in [0.05, 0.1) is 16.4 Å². The Kier molecular flexibility index (Phi) is 10.4. The maximum absolute atomic E-state index is 5.15. The molecular weight excluding hydrogens is 897 g/mol. The van der Waals surface area contributed by atoms with Crippen molar-refractivity contribution < 1.29 is 0 Å². The van der Waals surface area contributed by atoms with Crippen LogP contribution in [-0.4, -0.2) is 19.5 Å². The molecule has 0 atom stereocenters. The molecule has 0 saturated heterocycles. The van der Waals surface area contributed by atoms with Crippen molar-refractivity contribution in [2.75, 3.05) is 0 Å². The Bertz CT molecular complexity index is 4160. The summed E-state index contributed by atoms with van der Waals surface area (Å²) in [6, 6.07) is 100. The van der Waals surface area contributed by atoms with Crippen LogP contribution < -0.4 is 0 Å². The number of hydrogen-bond acceptors (Lipinski definition) is 3. The smallest absolute Gasteiger partial charge is 0.164 e. The van der Waals surface area contributed by atoms with Gasteiger partial charge in [0.25, 0.3) is 0 Å². The van der Waals surface area contributed by atoms with Crippen molar-refractivity contribution in [2.24, 2.45) is 0 Å². The number of para-hydroxylation sites is 1. The number of hydrogen-bond donors (Lipinski definition) is 0. The zero-order chi connectivity index (χ0) is 49.0. The van der Waals surface area contributed by atoms with Crippen LogP contribution in [0, 0.1) is 0 Å². The van der Waals surface area contributed by atoms with Gasteiger partial charge < -0.3 is 4.57 Å². The quantitative estimate of drug-likeness (QED) is 0.145. The minimum Gasteiger partial charge on any atom is -0.309 e. The number of fused-ring (bicyclic) bond motifs is 6. The zero-order valence-corrected chi connectivity index (χ0v) is 40.3. The second-order valence-corrected chi connectivity index (χ2v) is 19.1. The van der Waals surface area contributed by atoms with E-state index in [4.69, 9.17) is 15.0 Å². The molecule has 2 aromatic heterocycles. The summed E-state index contributed by atoms with van der Waals surface area (Å²) >= 11 is 0. The average Bonchev–Trinajstić information content (AvgIpc) is 4.06. The summed E-state index contributed by atoms with van der Waals surface area (Å²) < 4.78 is 2.36. The highest BCUT2D eigenvalue weighted by Crippen LogP contribution is 2.58. The third-order valence-electron chi connectivity index (χ3n) is 15.0. The predicted octanol–water partition coefficient (Wildman–Crippen LogP) is 17.3. The lowest BCUT2D eigenvalue weighted by atomic mass is 9.67. The first-order valence-electron chi connectivity index (χ1n) is 25.3. The lowest BCUT2D eigenvalue weighted by molar-refractivity contribution is 0.768. The van der Waals surface area contributed by atoms with E-state index in [1.807, 2.05) is 36.4 Å². The summed E-state index contributed by atoms with van der Waals surface area (Å²) in [6.45, 7) is 0. The molecule has 11 aromatic carbocycles. The number of nitrogens with zero attached hydrogens (tertiary/aromatic N) is 4. The molecule has 1 aliphatic carbocycles. The van der Waals surface area contributed by atoms with Crippen LogP contribution in [0.5, 0.6) is 0 Å². The second kappa shape index (κ2) is 17.8. The minimum atomic E-state index is -0.445. The van der Waals surface area contributed by atoms with E-state index in [0.717, 1.165) is 39.0 Å². The molecule has 0 aliphatic heterocycles. The van der Waals surface area contributed by atoms with Crippen molar-refractivity contribution in [3.8, 4) is 84.4 Å². The lowest BCUT2D eigenvalue weighted by Gasteiger charge is -2.34. The molecule has 1 aliphatic rings. The minimum absolute atomic E-state index is 0.445. The van der Waals surface area contributed by atoms with Crippen molar-refractivity contribution in [2.45, 2.75) is 5.41 Å². The fourth-order valence-corrected chi connectivity index (χ4v) is 11.6. The molecule has 4 nitrogen and oxygen atoms in total. The Morgan fingerprint density at radius 2 is 0.716 bits per heavy atom. The van der Waals surface area contributed by atoms with Gasteiger partial charge >= 0.3 is 0 Å². The molecular formula is C70H46N4. The molecule has 0 radical (unpaired) electrons. The van der Waals surface area contributed by atoms with Crippen molar-refractivity contribution in [3.05, 3.63) is 301 Å². The Labute approximate surface area is 430 Å². The van der Waals surface area contributed by atoms with Gasteiger partial charge in [-0.3, -0.25) is 0 Å². The van der Waals surface area contributed by atoms with Gasteiger partial charge in [0.2, 0.25) is 0 Å². The van der Waals surface area contributed by atoms with Gasteiger partial charge in [-0.1, -0.05) is 249 Å². The van der Waals surface area contributed by atoms with Gasteiger partial charge in [-0.2, -0.15) is 0 Å². The standard InChI is InChI=1S/C70H46N4/c1-5-19-47(20-6-1)48-37-41-52(42-38-48)68-71-67(51-21-7-2-8-22-51)72-69(73-68)54-23-17-28-57(45-54)74-64-34-16-14-29-59(64)61-46-53(43-44-65(61)74)49-35-39-50(40-36-49)58-31-18-33-63-66(58)60-30-13-15-32-62(60)70(63,55-24-9-3-10-25-55)56-26-11-4-12-27-56/h1-46H. The maximum atomic E-state index is 5.15. The average molecular weight is 943 g/mol. The van der Waals surface area contributed by atoms with Crippen molar-refractivity contribution in [1.82, 2.24) is 19.5 Å². The van der Waals surface area contributed by atoms with Gasteiger partial charge in [0.1, 0.15) is 0 Å². The fraction of sp³-hybridized carbons (Fsp3) is 0.0143. The second-order valence-electron chi connectivity index (χ2n) is 19.1. The Morgan fingerprint density at radius 3 is 1.41 bits per heavy atom. The first kappa shape index (κ1) is 43.1. The molecule has 74 heavy (non-hydrogen) atoms. The molecule has 0 fully saturated rings. The summed E-state index contributed by atoms with van der Waals surface area (Å²) in [5, 5.41) is 2.38. The molecule has 346 valence electrons. The normalized spacial score (nSPS) is 12.4. The number of benzene rings is 11. The first-order valence-corrected chi connectivity index (χ1v) is 25.3. The van der Waals surface area contributed by atoms with E-state index in [1.165, 1.54) is 72.0 Å². The van der Waals surface area contributed by atoms with E-state index >= 15 is 0 Å². The molecule has 13 aromatic rings. The molecule has 0 unspecified atom stereocenters. The first-order chi connectivity index (χ1) is 36.7. The summed E-state index contributed by atoms with van der Waals surface area (Å²) in [5.41, 5.74) is 20.4. The molecule has 14 rings (SSSR count). The Morgan fingerprint density at radius 1 is 0.270 bits per heavy atom. The van der Waals surface area contributed by atoms with Crippen LogP contribution in [0.1, 0.15) is 22.3 Å². The fourth-order valence-electron chi connectivity index (χ4n) is 11.6. The number of rotatable bonds is 9. The van der Waals surface area contributed by atoms with E-state index in [1.54, 1.807) is 0 Å². The molecule has 0 N–H and O–H groups in total. The van der Waals surface area contributed by atoms with Gasteiger partial charge in [-0.05, 0) is 97.1 Å². The Hall–Kier alpha value is -9.77. The van der Waals surface area contributed by atoms with Crippen LogP contribution in [0.2, 0.25) is 0 Å². The molecule has 0 spiro atoms. The SMILES string of the molecule is c1ccc(-c2ccc(-c3nc(-c4ccccc4)nc(-c4cccc(-n5c6ccccc6c6cc(-c7ccc(-c8cccc9c8-c8ccccc8C9(c8ccccc8)c8ccccc8)cc7)ccc65)c4)n3)cc2)cc1. The molecule has 0 bridgehead atoms. The molecule has 0 amide bonds. The largest absolute Gasteiger partial charge is 0.309 e. The molecule has 4 heteroatoms.